The molecule has 0 aliphatic carbocycles. The van der Waals surface area contributed by atoms with Crippen molar-refractivity contribution in [2.45, 2.75) is 30.2 Å². The van der Waals surface area contributed by atoms with Crippen LogP contribution in [0.2, 0.25) is 0 Å². The fourth-order valence-corrected chi connectivity index (χ4v) is 6.45. The molecule has 0 radical (unpaired) electrons. The van der Waals surface area contributed by atoms with Crippen LogP contribution in [0.4, 0.5) is 0 Å². The maximum atomic E-state index is 13.7. The van der Waals surface area contributed by atoms with Crippen LogP contribution < -0.4 is 5.32 Å². The van der Waals surface area contributed by atoms with Gasteiger partial charge in [0.2, 0.25) is 10.0 Å². The van der Waals surface area contributed by atoms with E-state index in [0.717, 1.165) is 29.0 Å². The molecule has 1 atom stereocenters. The van der Waals surface area contributed by atoms with E-state index in [1.54, 1.807) is 40.9 Å². The third-order valence-electron chi connectivity index (χ3n) is 6.15. The van der Waals surface area contributed by atoms with E-state index in [9.17, 15) is 13.2 Å². The summed E-state index contributed by atoms with van der Waals surface area (Å²) in [4.78, 5) is 13.2. The van der Waals surface area contributed by atoms with E-state index in [1.807, 2.05) is 36.4 Å². The highest BCUT2D eigenvalue weighted by Crippen LogP contribution is 2.30. The van der Waals surface area contributed by atoms with E-state index in [1.165, 1.54) is 0 Å². The summed E-state index contributed by atoms with van der Waals surface area (Å²) < 4.78 is 34.3. The molecule has 7 heteroatoms. The summed E-state index contributed by atoms with van der Waals surface area (Å²) in [5, 5.41) is 5.31. The first-order chi connectivity index (χ1) is 15.6. The Morgan fingerprint density at radius 3 is 2.69 bits per heavy atom. The van der Waals surface area contributed by atoms with Crippen LogP contribution in [0.15, 0.2) is 82.3 Å². The van der Waals surface area contributed by atoms with Gasteiger partial charge >= 0.3 is 0 Å². The highest BCUT2D eigenvalue weighted by atomic mass is 32.2. The van der Waals surface area contributed by atoms with Crippen LogP contribution in [0, 0.1) is 0 Å². The number of furan rings is 1. The van der Waals surface area contributed by atoms with E-state index < -0.39 is 10.0 Å². The average Bonchev–Trinajstić information content (AvgIpc) is 3.31. The standard InChI is InChI=1S/C25H24N2O4S/c28-25(22-11-6-12-23-21(22)14-16-31-23)26-17-19-9-3-4-15-27(19)32(29,30)24-13-5-8-18-7-1-2-10-20(18)24/h1-2,5-8,10-14,16,19H,3-4,9,15,17H2,(H,26,28). The SMILES string of the molecule is O=C(NCC1CCCCN1S(=O)(=O)c1cccc2ccccc12)c1cccc2occc12. The second kappa shape index (κ2) is 8.41. The molecular formula is C25H24N2O4S. The Hall–Kier alpha value is -3.16. The lowest BCUT2D eigenvalue weighted by molar-refractivity contribution is 0.0941. The van der Waals surface area contributed by atoms with Gasteiger partial charge in [-0.3, -0.25) is 4.79 Å². The molecule has 32 heavy (non-hydrogen) atoms. The quantitative estimate of drug-likeness (QED) is 0.485. The number of benzene rings is 3. The van der Waals surface area contributed by atoms with Crippen molar-refractivity contribution >= 4 is 37.7 Å². The monoisotopic (exact) mass is 448 g/mol. The first-order valence-corrected chi connectivity index (χ1v) is 12.2. The molecule has 0 spiro atoms. The lowest BCUT2D eigenvalue weighted by Crippen LogP contribution is -2.49. The van der Waals surface area contributed by atoms with E-state index in [4.69, 9.17) is 4.42 Å². The van der Waals surface area contributed by atoms with E-state index in [0.29, 0.717) is 29.0 Å². The van der Waals surface area contributed by atoms with Crippen molar-refractivity contribution in [3.8, 4) is 0 Å². The molecule has 1 amide bonds. The molecule has 6 nitrogen and oxygen atoms in total. The summed E-state index contributed by atoms with van der Waals surface area (Å²) >= 11 is 0. The molecule has 4 aromatic rings. The van der Waals surface area contributed by atoms with Crippen LogP contribution in [0.5, 0.6) is 0 Å². The van der Waals surface area contributed by atoms with Crippen molar-refractivity contribution in [2.24, 2.45) is 0 Å². The van der Waals surface area contributed by atoms with Crippen LogP contribution in [0.1, 0.15) is 29.6 Å². The van der Waals surface area contributed by atoms with Crippen molar-refractivity contribution in [3.63, 3.8) is 0 Å². The molecule has 1 N–H and O–H groups in total. The zero-order valence-corrected chi connectivity index (χ0v) is 18.3. The molecule has 1 aliphatic heterocycles. The molecule has 164 valence electrons. The van der Waals surface area contributed by atoms with Crippen molar-refractivity contribution < 1.29 is 17.6 Å². The number of carbonyl (C=O) groups is 1. The van der Waals surface area contributed by atoms with Gasteiger partial charge < -0.3 is 9.73 Å². The predicted molar refractivity (Wildman–Crippen MR) is 124 cm³/mol. The lowest BCUT2D eigenvalue weighted by atomic mass is 10.0. The first kappa shape index (κ1) is 20.7. The van der Waals surface area contributed by atoms with Gasteiger partial charge in [-0.2, -0.15) is 4.31 Å². The number of hydrogen-bond acceptors (Lipinski definition) is 4. The number of nitrogens with zero attached hydrogens (tertiary/aromatic N) is 1. The summed E-state index contributed by atoms with van der Waals surface area (Å²) in [6.45, 7) is 0.709. The molecule has 1 fully saturated rings. The summed E-state index contributed by atoms with van der Waals surface area (Å²) in [7, 11) is -3.71. The van der Waals surface area contributed by atoms with Gasteiger partial charge in [0.1, 0.15) is 5.58 Å². The first-order valence-electron chi connectivity index (χ1n) is 10.8. The smallest absolute Gasteiger partial charge is 0.252 e. The molecular weight excluding hydrogens is 424 g/mol. The molecule has 1 aliphatic rings. The van der Waals surface area contributed by atoms with Crippen molar-refractivity contribution in [1.29, 1.82) is 0 Å². The van der Waals surface area contributed by atoms with Gasteiger partial charge in [0.05, 0.1) is 16.7 Å². The van der Waals surface area contributed by atoms with Gasteiger partial charge in [0.15, 0.2) is 0 Å². The van der Waals surface area contributed by atoms with Gasteiger partial charge in [0, 0.05) is 29.9 Å². The fraction of sp³-hybridized carbons (Fsp3) is 0.240. The number of sulfonamides is 1. The number of nitrogens with one attached hydrogen (secondary N) is 1. The summed E-state index contributed by atoms with van der Waals surface area (Å²) in [6, 6.07) is 19.7. The van der Waals surface area contributed by atoms with Gasteiger partial charge in [-0.05, 0) is 42.5 Å². The molecule has 1 aromatic heterocycles. The molecule has 3 aromatic carbocycles. The third-order valence-corrected chi connectivity index (χ3v) is 8.16. The summed E-state index contributed by atoms with van der Waals surface area (Å²) in [6.07, 6.45) is 4.00. The van der Waals surface area contributed by atoms with E-state index in [2.05, 4.69) is 5.32 Å². The van der Waals surface area contributed by atoms with Gasteiger partial charge in [-0.25, -0.2) is 8.42 Å². The van der Waals surface area contributed by atoms with Crippen LogP contribution in [0.25, 0.3) is 21.7 Å². The Morgan fingerprint density at radius 1 is 0.969 bits per heavy atom. The van der Waals surface area contributed by atoms with Crippen molar-refractivity contribution in [3.05, 3.63) is 78.6 Å². The second-order valence-electron chi connectivity index (χ2n) is 8.09. The number of piperidine rings is 1. The van der Waals surface area contributed by atoms with E-state index >= 15 is 0 Å². The van der Waals surface area contributed by atoms with Crippen LogP contribution >= 0.6 is 0 Å². The summed E-state index contributed by atoms with van der Waals surface area (Å²) in [5.74, 6) is -0.231. The highest BCUT2D eigenvalue weighted by Gasteiger charge is 2.34. The van der Waals surface area contributed by atoms with E-state index in [-0.39, 0.29) is 18.5 Å². The molecule has 2 heterocycles. The molecule has 1 unspecified atom stereocenters. The minimum absolute atomic E-state index is 0.231. The maximum Gasteiger partial charge on any atom is 0.252 e. The minimum atomic E-state index is -3.71. The Balaban J connectivity index is 1.40. The number of amides is 1. The number of hydrogen-bond donors (Lipinski definition) is 1. The number of carbonyl (C=O) groups excluding carboxylic acids is 1. The topological polar surface area (TPSA) is 79.6 Å². The maximum absolute atomic E-state index is 13.7. The molecule has 5 rings (SSSR count). The average molecular weight is 449 g/mol. The largest absolute Gasteiger partial charge is 0.464 e. The Labute approximate surface area is 186 Å². The zero-order chi connectivity index (χ0) is 22.1. The molecule has 0 saturated carbocycles. The zero-order valence-electron chi connectivity index (χ0n) is 17.5. The Morgan fingerprint density at radius 2 is 1.78 bits per heavy atom. The van der Waals surface area contributed by atoms with Crippen LogP contribution in [-0.4, -0.2) is 37.8 Å². The molecule has 0 bridgehead atoms. The predicted octanol–water partition coefficient (Wildman–Crippen LogP) is 4.56. The van der Waals surface area contributed by atoms with Gasteiger partial charge in [-0.15, -0.1) is 0 Å². The molecule has 1 saturated heterocycles. The number of rotatable bonds is 5. The van der Waals surface area contributed by atoms with Crippen molar-refractivity contribution in [2.75, 3.05) is 13.1 Å². The fourth-order valence-electron chi connectivity index (χ4n) is 4.54. The lowest BCUT2D eigenvalue weighted by Gasteiger charge is -2.35. The Kier molecular flexibility index (Phi) is 5.45. The third kappa shape index (κ3) is 3.67. The van der Waals surface area contributed by atoms with Crippen LogP contribution in [-0.2, 0) is 10.0 Å². The van der Waals surface area contributed by atoms with Gasteiger partial charge in [0.25, 0.3) is 5.91 Å². The minimum Gasteiger partial charge on any atom is -0.464 e. The highest BCUT2D eigenvalue weighted by molar-refractivity contribution is 7.89. The second-order valence-corrected chi connectivity index (χ2v) is 9.95. The Bertz CT molecular complexity index is 1390. The van der Waals surface area contributed by atoms with Gasteiger partial charge in [-0.1, -0.05) is 48.9 Å². The summed E-state index contributed by atoms with van der Waals surface area (Å²) in [5.41, 5.74) is 1.17. The number of fused-ring (bicyclic) bond motifs is 2. The van der Waals surface area contributed by atoms with Crippen LogP contribution in [0.3, 0.4) is 0 Å². The van der Waals surface area contributed by atoms with Crippen molar-refractivity contribution in [1.82, 2.24) is 9.62 Å². The normalized spacial score (nSPS) is 17.6.